The number of para-hydroxylation sites is 1. The molecule has 1 aliphatic carbocycles. The lowest BCUT2D eigenvalue weighted by molar-refractivity contribution is -0.131. The summed E-state index contributed by atoms with van der Waals surface area (Å²) in [6.07, 6.45) is 8.77. The molecule has 1 unspecified atom stereocenters. The maximum atomic E-state index is 12.6. The van der Waals surface area contributed by atoms with Crippen molar-refractivity contribution in [1.82, 2.24) is 19.7 Å². The lowest BCUT2D eigenvalue weighted by atomic mass is 9.90. The zero-order valence-electron chi connectivity index (χ0n) is 21.9. The number of imide groups is 1. The Hall–Kier alpha value is -2.71. The molecule has 1 aromatic heterocycles. The quantitative estimate of drug-likeness (QED) is 0.448. The second kappa shape index (κ2) is 12.4. The van der Waals surface area contributed by atoms with Crippen LogP contribution in [0.5, 0.6) is 0 Å². The van der Waals surface area contributed by atoms with E-state index in [1.165, 1.54) is 48.6 Å². The van der Waals surface area contributed by atoms with Gasteiger partial charge in [-0.15, -0.1) is 0 Å². The number of hydrogen-bond donors (Lipinski definition) is 2. The molecule has 1 aliphatic heterocycles. The maximum absolute atomic E-state index is 12.6. The number of fused-ring (bicyclic) bond motifs is 1. The smallest absolute Gasteiger partial charge is 0.240 e. The van der Waals surface area contributed by atoms with Gasteiger partial charge in [0.1, 0.15) is 0 Å². The van der Waals surface area contributed by atoms with E-state index in [0.717, 1.165) is 30.2 Å². The summed E-state index contributed by atoms with van der Waals surface area (Å²) >= 11 is 6.53. The first-order chi connectivity index (χ1) is 18.5. The fraction of sp³-hybridized carbons (Fsp3) is 0.467. The van der Waals surface area contributed by atoms with Crippen molar-refractivity contribution in [3.8, 4) is 0 Å². The highest BCUT2D eigenvalue weighted by Crippen LogP contribution is 2.37. The van der Waals surface area contributed by atoms with Crippen LogP contribution < -0.4 is 11.1 Å². The molecule has 8 heteroatoms. The Morgan fingerprint density at radius 2 is 1.74 bits per heavy atom. The second-order valence-corrected chi connectivity index (χ2v) is 11.0. The summed E-state index contributed by atoms with van der Waals surface area (Å²) in [6.45, 7) is 3.61. The molecule has 2 aromatic carbocycles. The number of carbonyl (C=O) groups excluding carboxylic acids is 2. The normalized spacial score (nSPS) is 19.6. The third kappa shape index (κ3) is 6.12. The van der Waals surface area contributed by atoms with Crippen molar-refractivity contribution in [2.75, 3.05) is 32.7 Å². The van der Waals surface area contributed by atoms with Crippen molar-refractivity contribution in [3.05, 3.63) is 70.9 Å². The molecule has 202 valence electrons. The first-order valence-corrected chi connectivity index (χ1v) is 14.2. The van der Waals surface area contributed by atoms with Gasteiger partial charge in [0.25, 0.3) is 0 Å². The number of amides is 2. The minimum Gasteiger partial charge on any atom is -0.343 e. The van der Waals surface area contributed by atoms with Crippen molar-refractivity contribution in [1.29, 1.82) is 0 Å². The highest BCUT2D eigenvalue weighted by molar-refractivity contribution is 6.31. The van der Waals surface area contributed by atoms with Gasteiger partial charge in [0.05, 0.1) is 6.54 Å². The molecule has 5 rings (SSSR count). The van der Waals surface area contributed by atoms with Gasteiger partial charge in [-0.3, -0.25) is 24.7 Å². The average molecular weight is 536 g/mol. The van der Waals surface area contributed by atoms with Gasteiger partial charge in [-0.1, -0.05) is 67.3 Å². The molecule has 0 spiro atoms. The average Bonchev–Trinajstić information content (AvgIpc) is 3.29. The number of rotatable bonds is 8. The van der Waals surface area contributed by atoms with Crippen molar-refractivity contribution in [2.45, 2.75) is 57.2 Å². The molecule has 1 atom stereocenters. The van der Waals surface area contributed by atoms with Gasteiger partial charge in [0.15, 0.2) is 0 Å². The van der Waals surface area contributed by atoms with Crippen molar-refractivity contribution < 1.29 is 9.59 Å². The van der Waals surface area contributed by atoms with Crippen LogP contribution in [0.15, 0.2) is 54.7 Å². The summed E-state index contributed by atoms with van der Waals surface area (Å²) in [4.78, 5) is 29.4. The van der Waals surface area contributed by atoms with Gasteiger partial charge < -0.3 is 10.3 Å². The van der Waals surface area contributed by atoms with Crippen LogP contribution in [0, 0.1) is 0 Å². The molecule has 2 amide bonds. The summed E-state index contributed by atoms with van der Waals surface area (Å²) in [7, 11) is 0. The third-order valence-electron chi connectivity index (χ3n) is 8.04. The molecule has 2 aliphatic rings. The van der Waals surface area contributed by atoms with Crippen LogP contribution in [-0.4, -0.2) is 64.9 Å². The molecule has 1 saturated carbocycles. The highest BCUT2D eigenvalue weighted by Gasteiger charge is 2.35. The van der Waals surface area contributed by atoms with E-state index in [9.17, 15) is 9.59 Å². The zero-order valence-corrected chi connectivity index (χ0v) is 22.7. The van der Waals surface area contributed by atoms with E-state index in [0.29, 0.717) is 12.6 Å². The Morgan fingerprint density at radius 3 is 2.53 bits per heavy atom. The molecular formula is C30H38ClN5O2. The fourth-order valence-corrected chi connectivity index (χ4v) is 6.39. The van der Waals surface area contributed by atoms with Crippen molar-refractivity contribution >= 4 is 34.3 Å². The van der Waals surface area contributed by atoms with E-state index >= 15 is 0 Å². The van der Waals surface area contributed by atoms with E-state index < -0.39 is 0 Å². The van der Waals surface area contributed by atoms with Gasteiger partial charge in [-0.2, -0.15) is 0 Å². The SMILES string of the molecule is NCCC(=O)NC(=O)CN1CCN(C2CCCCC2)C(c2cn(Cc3ccccc3Cl)c3ccccc23)C1. The maximum Gasteiger partial charge on any atom is 0.240 e. The predicted molar refractivity (Wildman–Crippen MR) is 152 cm³/mol. The number of hydrogen-bond acceptors (Lipinski definition) is 5. The number of nitrogens with one attached hydrogen (secondary N) is 1. The molecule has 0 radical (unpaired) electrons. The summed E-state index contributed by atoms with van der Waals surface area (Å²) in [6, 6.07) is 17.3. The lowest BCUT2D eigenvalue weighted by Gasteiger charge is -2.46. The van der Waals surface area contributed by atoms with Gasteiger partial charge in [0.2, 0.25) is 11.8 Å². The molecule has 2 heterocycles. The number of nitrogens with two attached hydrogens (primary N) is 1. The van der Waals surface area contributed by atoms with E-state index in [-0.39, 0.29) is 37.4 Å². The number of halogens is 1. The van der Waals surface area contributed by atoms with Crippen LogP contribution in [0.2, 0.25) is 5.02 Å². The third-order valence-corrected chi connectivity index (χ3v) is 8.41. The zero-order chi connectivity index (χ0) is 26.5. The van der Waals surface area contributed by atoms with Crippen LogP contribution in [0.4, 0.5) is 0 Å². The molecule has 7 nitrogen and oxygen atoms in total. The van der Waals surface area contributed by atoms with Crippen LogP contribution in [0.3, 0.4) is 0 Å². The first-order valence-electron chi connectivity index (χ1n) is 13.9. The minimum absolute atomic E-state index is 0.161. The molecule has 3 N–H and O–H groups in total. The molecule has 2 fully saturated rings. The predicted octanol–water partition coefficient (Wildman–Crippen LogP) is 4.33. The summed E-state index contributed by atoms with van der Waals surface area (Å²) < 4.78 is 2.31. The lowest BCUT2D eigenvalue weighted by Crippen LogP contribution is -2.54. The number of benzene rings is 2. The second-order valence-electron chi connectivity index (χ2n) is 10.6. The van der Waals surface area contributed by atoms with Gasteiger partial charge in [-0.25, -0.2) is 0 Å². The Morgan fingerprint density at radius 1 is 0.974 bits per heavy atom. The first kappa shape index (κ1) is 26.9. The van der Waals surface area contributed by atoms with Crippen LogP contribution in [-0.2, 0) is 16.1 Å². The van der Waals surface area contributed by atoms with Crippen molar-refractivity contribution in [3.63, 3.8) is 0 Å². The minimum atomic E-state index is -0.308. The summed E-state index contributed by atoms with van der Waals surface area (Å²) in [5.41, 5.74) is 9.04. The Balaban J connectivity index is 1.45. The monoisotopic (exact) mass is 535 g/mol. The van der Waals surface area contributed by atoms with Gasteiger partial charge >= 0.3 is 0 Å². The van der Waals surface area contributed by atoms with E-state index in [1.54, 1.807) is 0 Å². The molecule has 38 heavy (non-hydrogen) atoms. The fourth-order valence-electron chi connectivity index (χ4n) is 6.20. The molecule has 3 aromatic rings. The topological polar surface area (TPSA) is 83.6 Å². The van der Waals surface area contributed by atoms with Gasteiger partial charge in [0, 0.05) is 73.4 Å². The number of carbonyl (C=O) groups is 2. The van der Waals surface area contributed by atoms with Crippen LogP contribution >= 0.6 is 11.6 Å². The molecule has 1 saturated heterocycles. The Bertz CT molecular complexity index is 1270. The van der Waals surface area contributed by atoms with Gasteiger partial charge in [-0.05, 0) is 36.1 Å². The summed E-state index contributed by atoms with van der Waals surface area (Å²) in [5.74, 6) is -0.563. The molecular weight excluding hydrogens is 498 g/mol. The molecule has 0 bridgehead atoms. The largest absolute Gasteiger partial charge is 0.343 e. The van der Waals surface area contributed by atoms with Crippen LogP contribution in [0.25, 0.3) is 10.9 Å². The van der Waals surface area contributed by atoms with Crippen LogP contribution in [0.1, 0.15) is 55.7 Å². The number of aromatic nitrogens is 1. The van der Waals surface area contributed by atoms with E-state index in [4.69, 9.17) is 17.3 Å². The summed E-state index contributed by atoms with van der Waals surface area (Å²) in [5, 5.41) is 4.51. The Labute approximate surface area is 229 Å². The van der Waals surface area contributed by atoms with E-state index in [2.05, 4.69) is 56.2 Å². The Kier molecular flexibility index (Phi) is 8.79. The number of piperazine rings is 1. The highest BCUT2D eigenvalue weighted by atomic mass is 35.5. The van der Waals surface area contributed by atoms with Crippen molar-refractivity contribution in [2.24, 2.45) is 5.73 Å². The standard InChI is InChI=1S/C30H38ClN5O2/c31-26-12-6-4-8-22(26)18-35-19-25(24-11-5-7-13-27(24)35)28-20-34(21-30(38)33-29(37)14-15-32)16-17-36(28)23-9-2-1-3-10-23/h4-8,11-13,19,23,28H,1-3,9-10,14-18,20-21,32H2,(H,33,37,38). The van der Waals surface area contributed by atoms with E-state index in [1.807, 2.05) is 18.2 Å². The number of nitrogens with zero attached hydrogens (tertiary/aromatic N) is 3.